The monoisotopic (exact) mass is 438 g/mol. The molecule has 4 rings (SSSR count). The van der Waals surface area contributed by atoms with Crippen LogP contribution in [0.15, 0.2) is 24.3 Å². The molecule has 0 spiro atoms. The summed E-state index contributed by atoms with van der Waals surface area (Å²) in [5.74, 6) is -2.74. The lowest BCUT2D eigenvalue weighted by Crippen LogP contribution is -2.39. The fourth-order valence-corrected chi connectivity index (χ4v) is 5.47. The number of ether oxygens (including phenoxy) is 2. The molecule has 6 atom stereocenters. The number of carbonyl (C=O) groups is 3. The summed E-state index contributed by atoms with van der Waals surface area (Å²) in [5, 5.41) is 13.2. The average molecular weight is 439 g/mol. The second-order valence-electron chi connectivity index (χ2n) is 6.92. The van der Waals surface area contributed by atoms with Crippen molar-refractivity contribution in [3.63, 3.8) is 0 Å². The Morgan fingerprint density at radius 2 is 2.15 bits per heavy atom. The highest BCUT2D eigenvalue weighted by molar-refractivity contribution is 9.09. The fourth-order valence-electron chi connectivity index (χ4n) is 4.42. The molecular formula is C17H15BrN2O7. The van der Waals surface area contributed by atoms with Crippen molar-refractivity contribution >= 4 is 45.2 Å². The zero-order chi connectivity index (χ0) is 19.3. The number of amides is 1. The lowest BCUT2D eigenvalue weighted by Gasteiger charge is -2.26. The topological polar surface area (TPSA) is 125 Å². The van der Waals surface area contributed by atoms with Gasteiger partial charge in [0.2, 0.25) is 0 Å². The number of esters is 2. The van der Waals surface area contributed by atoms with E-state index in [2.05, 4.69) is 21.2 Å². The lowest BCUT2D eigenvalue weighted by atomic mass is 9.80. The first kappa shape index (κ1) is 17.9. The Hall–Kier alpha value is -2.49. The third-order valence-electron chi connectivity index (χ3n) is 5.48. The van der Waals surface area contributed by atoms with Crippen molar-refractivity contribution in [2.24, 2.45) is 23.7 Å². The molecule has 1 aromatic rings. The van der Waals surface area contributed by atoms with Gasteiger partial charge >= 0.3 is 11.9 Å². The van der Waals surface area contributed by atoms with Gasteiger partial charge in [0.05, 0.1) is 21.6 Å². The van der Waals surface area contributed by atoms with Crippen molar-refractivity contribution in [1.82, 2.24) is 0 Å². The zero-order valence-electron chi connectivity index (χ0n) is 13.9. The first-order chi connectivity index (χ1) is 12.9. The van der Waals surface area contributed by atoms with Crippen LogP contribution in [0.4, 0.5) is 11.4 Å². The molecule has 9 nitrogen and oxygen atoms in total. The molecule has 27 heavy (non-hydrogen) atoms. The standard InChI is InChI=1S/C17H15BrN2O7/c18-14-9-5-10-13(17(23)27-15(10)14)12(9)16(22)26-6-11(21)19-7-2-1-3-8(4-7)20(24)25/h1-4,9-10,12-15H,5-6H2,(H,19,21)/t9-,10-,12-,13-,14-,15+/m1/s1. The predicted octanol–water partition coefficient (Wildman–Crippen LogP) is 1.65. The number of hydrogen-bond donors (Lipinski definition) is 1. The normalized spacial score (nSPS) is 32.9. The summed E-state index contributed by atoms with van der Waals surface area (Å²) in [7, 11) is 0. The highest BCUT2D eigenvalue weighted by Crippen LogP contribution is 2.60. The molecule has 1 N–H and O–H groups in total. The van der Waals surface area contributed by atoms with Gasteiger partial charge in [0, 0.05) is 23.7 Å². The summed E-state index contributed by atoms with van der Waals surface area (Å²) in [6, 6.07) is 5.44. The Labute approximate surface area is 161 Å². The number of benzene rings is 1. The van der Waals surface area contributed by atoms with E-state index < -0.39 is 35.2 Å². The van der Waals surface area contributed by atoms with Crippen LogP contribution >= 0.6 is 15.9 Å². The zero-order valence-corrected chi connectivity index (χ0v) is 15.5. The van der Waals surface area contributed by atoms with Crippen LogP contribution in [0.25, 0.3) is 0 Å². The number of non-ortho nitro benzene ring substituents is 1. The molecule has 1 heterocycles. The molecule has 1 aromatic carbocycles. The molecule has 3 aliphatic rings. The van der Waals surface area contributed by atoms with Crippen molar-refractivity contribution in [1.29, 1.82) is 0 Å². The number of halogens is 1. The first-order valence-electron chi connectivity index (χ1n) is 8.42. The summed E-state index contributed by atoms with van der Waals surface area (Å²) < 4.78 is 10.5. The van der Waals surface area contributed by atoms with Crippen molar-refractivity contribution in [3.05, 3.63) is 34.4 Å². The van der Waals surface area contributed by atoms with E-state index in [1.165, 1.54) is 24.3 Å². The minimum atomic E-state index is -0.616. The van der Waals surface area contributed by atoms with Gasteiger partial charge in [0.15, 0.2) is 6.61 Å². The van der Waals surface area contributed by atoms with Crippen LogP contribution in [0.2, 0.25) is 0 Å². The molecular weight excluding hydrogens is 424 g/mol. The van der Waals surface area contributed by atoms with Crippen molar-refractivity contribution in [2.75, 3.05) is 11.9 Å². The van der Waals surface area contributed by atoms with Crippen LogP contribution in [0.5, 0.6) is 0 Å². The number of anilines is 1. The number of nitro benzene ring substituents is 1. The molecule has 10 heteroatoms. The summed E-state index contributed by atoms with van der Waals surface area (Å²) in [6.45, 7) is -0.534. The number of rotatable bonds is 5. The van der Waals surface area contributed by atoms with Crippen LogP contribution < -0.4 is 5.32 Å². The molecule has 0 radical (unpaired) electrons. The summed E-state index contributed by atoms with van der Waals surface area (Å²) >= 11 is 3.51. The maximum atomic E-state index is 12.5. The van der Waals surface area contributed by atoms with Crippen LogP contribution in [-0.4, -0.2) is 40.3 Å². The van der Waals surface area contributed by atoms with E-state index in [0.717, 1.165) is 6.42 Å². The van der Waals surface area contributed by atoms with Crippen molar-refractivity contribution in [2.45, 2.75) is 17.4 Å². The third-order valence-corrected chi connectivity index (χ3v) is 6.68. The summed E-state index contributed by atoms with van der Waals surface area (Å²) in [5.41, 5.74) is 0.0670. The molecule has 1 aliphatic heterocycles. The molecule has 0 aromatic heterocycles. The van der Waals surface area contributed by atoms with Gasteiger partial charge in [0.25, 0.3) is 11.6 Å². The molecule has 3 fully saturated rings. The highest BCUT2D eigenvalue weighted by Gasteiger charge is 2.68. The molecule has 2 aliphatic carbocycles. The van der Waals surface area contributed by atoms with Crippen LogP contribution in [0.1, 0.15) is 6.42 Å². The van der Waals surface area contributed by atoms with Gasteiger partial charge in [-0.3, -0.25) is 24.5 Å². The molecule has 2 bridgehead atoms. The molecule has 0 unspecified atom stereocenters. The Morgan fingerprint density at radius 3 is 2.89 bits per heavy atom. The number of fused-ring (bicyclic) bond motifs is 1. The average Bonchev–Trinajstić information content (AvgIpc) is 3.24. The highest BCUT2D eigenvalue weighted by atomic mass is 79.9. The van der Waals surface area contributed by atoms with Gasteiger partial charge in [-0.05, 0) is 18.4 Å². The number of nitrogens with one attached hydrogen (secondary N) is 1. The maximum absolute atomic E-state index is 12.5. The second kappa shape index (κ2) is 6.59. The smallest absolute Gasteiger partial charge is 0.310 e. The Bertz CT molecular complexity index is 844. The number of nitro groups is 1. The van der Waals surface area contributed by atoms with E-state index in [1.807, 2.05) is 0 Å². The van der Waals surface area contributed by atoms with Gasteiger partial charge in [0.1, 0.15) is 6.10 Å². The van der Waals surface area contributed by atoms with Gasteiger partial charge in [-0.1, -0.05) is 22.0 Å². The van der Waals surface area contributed by atoms with E-state index in [9.17, 15) is 24.5 Å². The molecule has 142 valence electrons. The van der Waals surface area contributed by atoms with E-state index in [4.69, 9.17) is 9.47 Å². The van der Waals surface area contributed by atoms with E-state index in [-0.39, 0.29) is 40.1 Å². The second-order valence-corrected chi connectivity index (χ2v) is 7.98. The molecule has 2 saturated carbocycles. The van der Waals surface area contributed by atoms with Gasteiger partial charge in [-0.15, -0.1) is 0 Å². The maximum Gasteiger partial charge on any atom is 0.310 e. The van der Waals surface area contributed by atoms with Gasteiger partial charge in [-0.25, -0.2) is 0 Å². The summed E-state index contributed by atoms with van der Waals surface area (Å²) in [4.78, 5) is 46.6. The first-order valence-corrected chi connectivity index (χ1v) is 9.34. The Morgan fingerprint density at radius 1 is 1.37 bits per heavy atom. The van der Waals surface area contributed by atoms with Crippen molar-refractivity contribution in [3.8, 4) is 0 Å². The predicted molar refractivity (Wildman–Crippen MR) is 93.9 cm³/mol. The lowest BCUT2D eigenvalue weighted by molar-refractivity contribution is -0.384. The number of alkyl halides is 1. The minimum absolute atomic E-state index is 0.0168. The minimum Gasteiger partial charge on any atom is -0.461 e. The van der Waals surface area contributed by atoms with Crippen molar-refractivity contribution < 1.29 is 28.8 Å². The Kier molecular flexibility index (Phi) is 4.37. The third kappa shape index (κ3) is 2.97. The van der Waals surface area contributed by atoms with Crippen LogP contribution in [0, 0.1) is 33.8 Å². The molecule has 1 amide bonds. The van der Waals surface area contributed by atoms with Gasteiger partial charge in [-0.2, -0.15) is 0 Å². The van der Waals surface area contributed by atoms with Crippen LogP contribution in [-0.2, 0) is 23.9 Å². The SMILES string of the molecule is O=C(COC(=O)[C@@H]1[C@H]2C[C@H]3[C@H](OC(=O)[C@H]31)[C@@H]2Br)Nc1cccc([N+](=O)[O-])c1. The Balaban J connectivity index is 1.36. The largest absolute Gasteiger partial charge is 0.461 e. The van der Waals surface area contributed by atoms with E-state index >= 15 is 0 Å². The van der Waals surface area contributed by atoms with E-state index in [0.29, 0.717) is 0 Å². The van der Waals surface area contributed by atoms with E-state index in [1.54, 1.807) is 0 Å². The summed E-state index contributed by atoms with van der Waals surface area (Å²) in [6.07, 6.45) is 0.533. The van der Waals surface area contributed by atoms with Gasteiger partial charge < -0.3 is 14.8 Å². The molecule has 1 saturated heterocycles. The number of nitrogens with zero attached hydrogens (tertiary/aromatic N) is 1. The quantitative estimate of drug-likeness (QED) is 0.320. The number of carbonyl (C=O) groups excluding carboxylic acids is 3. The fraction of sp³-hybridized carbons (Fsp3) is 0.471. The number of hydrogen-bond acceptors (Lipinski definition) is 7. The van der Waals surface area contributed by atoms with Crippen LogP contribution in [0.3, 0.4) is 0 Å².